The normalized spacial score (nSPS) is 11.7. The summed E-state index contributed by atoms with van der Waals surface area (Å²) >= 11 is 0. The number of guanidine groups is 1. The molecular formula is C19H33N5O3. The number of carbonyl (C=O) groups excluding carboxylic acids is 1. The summed E-state index contributed by atoms with van der Waals surface area (Å²) in [6.07, 6.45) is 3.10. The van der Waals surface area contributed by atoms with Crippen molar-refractivity contribution in [3.8, 4) is 5.88 Å². The van der Waals surface area contributed by atoms with Gasteiger partial charge in [0.25, 0.3) is 0 Å². The largest absolute Gasteiger partial charge is 0.478 e. The lowest BCUT2D eigenvalue weighted by molar-refractivity contribution is 0.0527. The third-order valence-corrected chi connectivity index (χ3v) is 3.25. The number of nitrogens with one attached hydrogen (secondary N) is 3. The van der Waals surface area contributed by atoms with Crippen molar-refractivity contribution in [1.82, 2.24) is 20.9 Å². The molecule has 0 atom stereocenters. The molecule has 8 heteroatoms. The van der Waals surface area contributed by atoms with E-state index in [1.165, 1.54) is 0 Å². The highest BCUT2D eigenvalue weighted by atomic mass is 16.6. The van der Waals surface area contributed by atoms with Gasteiger partial charge in [-0.2, -0.15) is 0 Å². The average molecular weight is 380 g/mol. The molecule has 1 heterocycles. The molecule has 0 saturated heterocycles. The number of aromatic nitrogens is 1. The molecule has 0 aromatic carbocycles. The molecule has 27 heavy (non-hydrogen) atoms. The summed E-state index contributed by atoms with van der Waals surface area (Å²) in [4.78, 5) is 20.0. The summed E-state index contributed by atoms with van der Waals surface area (Å²) in [5.41, 5.74) is 0.553. The molecule has 1 aromatic rings. The molecular weight excluding hydrogens is 346 g/mol. The first-order chi connectivity index (χ1) is 12.8. The number of hydrogen-bond acceptors (Lipinski definition) is 5. The maximum Gasteiger partial charge on any atom is 0.407 e. The van der Waals surface area contributed by atoms with Crippen LogP contribution in [-0.2, 0) is 11.3 Å². The Morgan fingerprint density at radius 3 is 2.52 bits per heavy atom. The second-order valence-electron chi connectivity index (χ2n) is 6.99. The van der Waals surface area contributed by atoms with Gasteiger partial charge in [-0.1, -0.05) is 13.0 Å². The summed E-state index contributed by atoms with van der Waals surface area (Å²) in [5, 5.41) is 9.15. The summed E-state index contributed by atoms with van der Waals surface area (Å²) in [7, 11) is 1.72. The lowest BCUT2D eigenvalue weighted by atomic mass is 10.2. The molecule has 0 radical (unpaired) electrons. The standard InChI is InChI=1S/C19H33N5O3/c1-6-12-26-16-9-8-15(13-23-16)14-24-17(20-5)21-10-7-11-22-18(25)27-19(2,3)4/h8-9,13H,6-7,10-12,14H2,1-5H3,(H,22,25)(H2,20,21,24). The number of rotatable bonds is 9. The molecule has 0 saturated carbocycles. The van der Waals surface area contributed by atoms with Gasteiger partial charge in [0.1, 0.15) is 5.60 Å². The second kappa shape index (κ2) is 12.0. The Kier molecular flexibility index (Phi) is 10.00. The Bertz CT molecular complexity index is 582. The first kappa shape index (κ1) is 22.5. The Balaban J connectivity index is 2.22. The van der Waals surface area contributed by atoms with E-state index in [1.807, 2.05) is 32.9 Å². The van der Waals surface area contributed by atoms with Gasteiger partial charge in [-0.3, -0.25) is 4.99 Å². The SMILES string of the molecule is CCCOc1ccc(CNC(=NC)NCCCNC(=O)OC(C)(C)C)cn1. The van der Waals surface area contributed by atoms with Crippen LogP contribution in [-0.4, -0.2) is 49.4 Å². The second-order valence-corrected chi connectivity index (χ2v) is 6.99. The monoisotopic (exact) mass is 379 g/mol. The fourth-order valence-corrected chi connectivity index (χ4v) is 2.01. The number of nitrogens with zero attached hydrogens (tertiary/aromatic N) is 2. The van der Waals surface area contributed by atoms with Gasteiger partial charge in [-0.05, 0) is 39.2 Å². The van der Waals surface area contributed by atoms with Crippen molar-refractivity contribution in [2.45, 2.75) is 52.7 Å². The number of aliphatic imine (C=N–C) groups is 1. The number of alkyl carbamates (subject to hydrolysis) is 1. The lowest BCUT2D eigenvalue weighted by Crippen LogP contribution is -2.39. The van der Waals surface area contributed by atoms with E-state index >= 15 is 0 Å². The highest BCUT2D eigenvalue weighted by Gasteiger charge is 2.15. The van der Waals surface area contributed by atoms with Crippen molar-refractivity contribution in [2.75, 3.05) is 26.7 Å². The van der Waals surface area contributed by atoms with Crippen molar-refractivity contribution in [3.63, 3.8) is 0 Å². The zero-order valence-corrected chi connectivity index (χ0v) is 17.1. The molecule has 8 nitrogen and oxygen atoms in total. The summed E-state index contributed by atoms with van der Waals surface area (Å²) in [5.74, 6) is 1.33. The Morgan fingerprint density at radius 2 is 1.93 bits per heavy atom. The van der Waals surface area contributed by atoms with E-state index in [1.54, 1.807) is 13.2 Å². The maximum atomic E-state index is 11.5. The minimum atomic E-state index is -0.483. The van der Waals surface area contributed by atoms with Crippen molar-refractivity contribution in [2.24, 2.45) is 4.99 Å². The molecule has 1 aromatic heterocycles. The zero-order valence-electron chi connectivity index (χ0n) is 17.1. The van der Waals surface area contributed by atoms with Gasteiger partial charge in [0.15, 0.2) is 5.96 Å². The van der Waals surface area contributed by atoms with Gasteiger partial charge in [0, 0.05) is 38.9 Å². The minimum Gasteiger partial charge on any atom is -0.478 e. The number of pyridine rings is 1. The van der Waals surface area contributed by atoms with Gasteiger partial charge >= 0.3 is 6.09 Å². The van der Waals surface area contributed by atoms with E-state index < -0.39 is 11.7 Å². The molecule has 0 aliphatic heterocycles. The molecule has 0 aliphatic rings. The quantitative estimate of drug-likeness (QED) is 0.346. The summed E-state index contributed by atoms with van der Waals surface area (Å²) in [6, 6.07) is 3.84. The molecule has 0 fully saturated rings. The number of carbonyl (C=O) groups is 1. The van der Waals surface area contributed by atoms with Gasteiger partial charge < -0.3 is 25.4 Å². The van der Waals surface area contributed by atoms with E-state index in [0.717, 1.165) is 18.4 Å². The van der Waals surface area contributed by atoms with E-state index in [0.29, 0.717) is 38.1 Å². The van der Waals surface area contributed by atoms with Gasteiger partial charge in [-0.25, -0.2) is 9.78 Å². The Hall–Kier alpha value is -2.51. The summed E-state index contributed by atoms with van der Waals surface area (Å²) in [6.45, 7) is 10.1. The average Bonchev–Trinajstić information content (AvgIpc) is 2.61. The topological polar surface area (TPSA) is 96.9 Å². The van der Waals surface area contributed by atoms with Crippen LogP contribution in [0.4, 0.5) is 4.79 Å². The molecule has 0 spiro atoms. The lowest BCUT2D eigenvalue weighted by Gasteiger charge is -2.19. The summed E-state index contributed by atoms with van der Waals surface area (Å²) < 4.78 is 10.7. The third kappa shape index (κ3) is 10.9. The highest BCUT2D eigenvalue weighted by Crippen LogP contribution is 2.08. The van der Waals surface area contributed by atoms with Gasteiger partial charge in [0.05, 0.1) is 6.61 Å². The first-order valence-corrected chi connectivity index (χ1v) is 9.33. The molecule has 1 rings (SSSR count). The van der Waals surface area contributed by atoms with Crippen molar-refractivity contribution in [1.29, 1.82) is 0 Å². The number of ether oxygens (including phenoxy) is 2. The van der Waals surface area contributed by atoms with Crippen LogP contribution in [0, 0.1) is 0 Å². The molecule has 152 valence electrons. The highest BCUT2D eigenvalue weighted by molar-refractivity contribution is 5.79. The zero-order chi connectivity index (χ0) is 20.1. The Morgan fingerprint density at radius 1 is 1.19 bits per heavy atom. The van der Waals surface area contributed by atoms with E-state index in [-0.39, 0.29) is 0 Å². The molecule has 0 bridgehead atoms. The Labute approximate surface area is 162 Å². The van der Waals surface area contributed by atoms with Gasteiger partial charge in [0.2, 0.25) is 5.88 Å². The smallest absolute Gasteiger partial charge is 0.407 e. The van der Waals surface area contributed by atoms with E-state index in [2.05, 4.69) is 32.9 Å². The third-order valence-electron chi connectivity index (χ3n) is 3.25. The number of hydrogen-bond donors (Lipinski definition) is 3. The van der Waals surface area contributed by atoms with Crippen LogP contribution in [0.1, 0.15) is 46.1 Å². The predicted octanol–water partition coefficient (Wildman–Crippen LogP) is 2.45. The number of amides is 1. The molecule has 1 amide bonds. The predicted molar refractivity (Wildman–Crippen MR) is 107 cm³/mol. The molecule has 0 aliphatic carbocycles. The van der Waals surface area contributed by atoms with Crippen LogP contribution in [0.15, 0.2) is 23.3 Å². The van der Waals surface area contributed by atoms with Crippen molar-refractivity contribution < 1.29 is 14.3 Å². The molecule has 0 unspecified atom stereocenters. The fraction of sp³-hybridized carbons (Fsp3) is 0.632. The van der Waals surface area contributed by atoms with Crippen LogP contribution in [0.3, 0.4) is 0 Å². The van der Waals surface area contributed by atoms with E-state index in [4.69, 9.17) is 9.47 Å². The van der Waals surface area contributed by atoms with Crippen molar-refractivity contribution >= 4 is 12.1 Å². The molecule has 3 N–H and O–H groups in total. The van der Waals surface area contributed by atoms with Crippen LogP contribution in [0.5, 0.6) is 5.88 Å². The van der Waals surface area contributed by atoms with Crippen LogP contribution >= 0.6 is 0 Å². The first-order valence-electron chi connectivity index (χ1n) is 9.33. The van der Waals surface area contributed by atoms with Gasteiger partial charge in [-0.15, -0.1) is 0 Å². The van der Waals surface area contributed by atoms with E-state index in [9.17, 15) is 4.79 Å². The van der Waals surface area contributed by atoms with Crippen molar-refractivity contribution in [3.05, 3.63) is 23.9 Å². The van der Waals surface area contributed by atoms with Crippen LogP contribution in [0.2, 0.25) is 0 Å². The van der Waals surface area contributed by atoms with Crippen LogP contribution < -0.4 is 20.7 Å². The van der Waals surface area contributed by atoms with Crippen LogP contribution in [0.25, 0.3) is 0 Å². The maximum absolute atomic E-state index is 11.5. The fourth-order valence-electron chi connectivity index (χ4n) is 2.01. The minimum absolute atomic E-state index is 0.399.